The number of halogens is 2. The van der Waals surface area contributed by atoms with E-state index in [1.54, 1.807) is 0 Å². The molecule has 148 valence electrons. The minimum atomic E-state index is 0.203. The fraction of sp³-hybridized carbons (Fsp3) is 0.154. The van der Waals surface area contributed by atoms with Crippen molar-refractivity contribution in [3.63, 3.8) is 0 Å². The number of para-hydroxylation sites is 2. The number of benzene rings is 3. The lowest BCUT2D eigenvalue weighted by atomic mass is 9.78. The molecule has 0 saturated heterocycles. The third kappa shape index (κ3) is 3.99. The zero-order chi connectivity index (χ0) is 20.5. The molecule has 1 saturated carbocycles. The molecule has 4 heteroatoms. The van der Waals surface area contributed by atoms with Gasteiger partial charge in [-0.3, -0.25) is 4.99 Å². The smallest absolute Gasteiger partial charge is 0.0890 e. The van der Waals surface area contributed by atoms with Crippen LogP contribution < -0.4 is 0 Å². The minimum absolute atomic E-state index is 0.203. The van der Waals surface area contributed by atoms with E-state index in [0.29, 0.717) is 0 Å². The Morgan fingerprint density at radius 3 is 2.00 bits per heavy atom. The van der Waals surface area contributed by atoms with E-state index in [4.69, 9.17) is 9.98 Å². The molecule has 0 aromatic heterocycles. The van der Waals surface area contributed by atoms with Gasteiger partial charge in [0.05, 0.1) is 22.8 Å². The van der Waals surface area contributed by atoms with Crippen molar-refractivity contribution in [1.29, 1.82) is 0 Å². The molecule has 0 bridgehead atoms. The van der Waals surface area contributed by atoms with Crippen molar-refractivity contribution in [3.8, 4) is 0 Å². The first-order chi connectivity index (χ1) is 14.7. The monoisotopic (exact) mass is 518 g/mol. The van der Waals surface area contributed by atoms with Crippen LogP contribution >= 0.6 is 31.9 Å². The molecular formula is C26H20Br2N2. The van der Waals surface area contributed by atoms with E-state index >= 15 is 0 Å². The van der Waals surface area contributed by atoms with E-state index in [-0.39, 0.29) is 5.92 Å². The van der Waals surface area contributed by atoms with E-state index in [1.807, 2.05) is 12.1 Å². The highest BCUT2D eigenvalue weighted by Gasteiger charge is 2.31. The Labute approximate surface area is 193 Å². The second-order valence-corrected chi connectivity index (χ2v) is 9.49. The van der Waals surface area contributed by atoms with Gasteiger partial charge in [0, 0.05) is 14.9 Å². The van der Waals surface area contributed by atoms with Crippen LogP contribution in [0.1, 0.15) is 30.4 Å². The zero-order valence-corrected chi connectivity index (χ0v) is 19.5. The van der Waals surface area contributed by atoms with Gasteiger partial charge in [-0.2, -0.15) is 0 Å². The lowest BCUT2D eigenvalue weighted by Crippen LogP contribution is -2.29. The summed E-state index contributed by atoms with van der Waals surface area (Å²) in [5, 5.41) is 0. The normalized spacial score (nSPS) is 19.4. The highest BCUT2D eigenvalue weighted by molar-refractivity contribution is 9.10. The second kappa shape index (κ2) is 8.44. The summed E-state index contributed by atoms with van der Waals surface area (Å²) in [6.07, 6.45) is 5.54. The molecule has 2 nitrogen and oxygen atoms in total. The first-order valence-corrected chi connectivity index (χ1v) is 11.7. The molecule has 0 amide bonds. The maximum Gasteiger partial charge on any atom is 0.0890 e. The third-order valence-electron chi connectivity index (χ3n) is 5.64. The molecule has 1 heterocycles. The van der Waals surface area contributed by atoms with E-state index in [0.717, 1.165) is 56.6 Å². The van der Waals surface area contributed by atoms with Crippen molar-refractivity contribution in [2.75, 3.05) is 0 Å². The highest BCUT2D eigenvalue weighted by Crippen LogP contribution is 2.39. The fourth-order valence-electron chi connectivity index (χ4n) is 4.18. The Hall–Kier alpha value is -2.30. The average molecular weight is 520 g/mol. The molecule has 1 aliphatic carbocycles. The Morgan fingerprint density at radius 2 is 1.33 bits per heavy atom. The number of rotatable bonds is 2. The van der Waals surface area contributed by atoms with E-state index in [9.17, 15) is 0 Å². The van der Waals surface area contributed by atoms with E-state index in [1.165, 1.54) is 11.1 Å². The summed E-state index contributed by atoms with van der Waals surface area (Å²) < 4.78 is 2.17. The van der Waals surface area contributed by atoms with Gasteiger partial charge in [-0.15, -0.1) is 0 Å². The molecule has 3 aromatic carbocycles. The van der Waals surface area contributed by atoms with Crippen LogP contribution in [0.2, 0.25) is 0 Å². The molecule has 5 rings (SSSR count). The number of aliphatic imine (C=N–C) groups is 2. The first-order valence-electron chi connectivity index (χ1n) is 10.2. The van der Waals surface area contributed by atoms with Gasteiger partial charge in [-0.05, 0) is 78.4 Å². The number of hydrogen-bond acceptors (Lipinski definition) is 2. The van der Waals surface area contributed by atoms with Crippen molar-refractivity contribution >= 4 is 60.7 Å². The molecular weight excluding hydrogens is 500 g/mol. The van der Waals surface area contributed by atoms with Crippen molar-refractivity contribution in [2.45, 2.75) is 19.3 Å². The van der Waals surface area contributed by atoms with Crippen molar-refractivity contribution in [3.05, 3.63) is 98.4 Å². The number of hydrogen-bond donors (Lipinski definition) is 0. The summed E-state index contributed by atoms with van der Waals surface area (Å²) in [6.45, 7) is 0. The predicted octanol–water partition coefficient (Wildman–Crippen LogP) is 8.30. The summed E-state index contributed by atoms with van der Waals surface area (Å²) in [5.74, 6) is 0.203. The molecule has 1 atom stereocenters. The molecule has 0 spiro atoms. The topological polar surface area (TPSA) is 24.7 Å². The maximum absolute atomic E-state index is 5.16. The standard InChI is InChI=1S/C26H20Br2N2/c27-20-12-8-17(9-13-20)16-19-4-3-5-22-25(18-10-14-21(28)15-11-18)29-23-6-1-2-7-24(23)30-26(19)22/h1-2,6-16,22H,3-5H2/b19-16+. The van der Waals surface area contributed by atoms with Crippen molar-refractivity contribution < 1.29 is 0 Å². The highest BCUT2D eigenvalue weighted by atomic mass is 79.9. The Bertz CT molecular complexity index is 1170. The van der Waals surface area contributed by atoms with Crippen LogP contribution in [0, 0.1) is 5.92 Å². The fourth-order valence-corrected chi connectivity index (χ4v) is 4.71. The van der Waals surface area contributed by atoms with Crippen LogP contribution in [0.3, 0.4) is 0 Å². The van der Waals surface area contributed by atoms with Gasteiger partial charge in [0.15, 0.2) is 0 Å². The van der Waals surface area contributed by atoms with Gasteiger partial charge in [0.1, 0.15) is 0 Å². The summed E-state index contributed by atoms with van der Waals surface area (Å²) in [7, 11) is 0. The van der Waals surface area contributed by atoms with Gasteiger partial charge in [0.2, 0.25) is 0 Å². The third-order valence-corrected chi connectivity index (χ3v) is 6.70. The molecule has 1 fully saturated rings. The first kappa shape index (κ1) is 19.7. The molecule has 1 unspecified atom stereocenters. The lowest BCUT2D eigenvalue weighted by Gasteiger charge is -2.27. The predicted molar refractivity (Wildman–Crippen MR) is 133 cm³/mol. The lowest BCUT2D eigenvalue weighted by molar-refractivity contribution is 0.671. The van der Waals surface area contributed by atoms with Crippen LogP contribution in [0.5, 0.6) is 0 Å². The van der Waals surface area contributed by atoms with Crippen LogP contribution in [0.15, 0.2) is 97.3 Å². The number of allylic oxidation sites excluding steroid dienone is 1. The minimum Gasteiger partial charge on any atom is -0.250 e. The van der Waals surface area contributed by atoms with Crippen molar-refractivity contribution in [1.82, 2.24) is 0 Å². The summed E-state index contributed by atoms with van der Waals surface area (Å²) in [6, 6.07) is 25.2. The van der Waals surface area contributed by atoms with Crippen LogP contribution in [-0.2, 0) is 0 Å². The second-order valence-electron chi connectivity index (χ2n) is 7.66. The SMILES string of the molecule is Brc1ccc(/C=C2\CCCC3C2=Nc2ccccc2N=C3c2ccc(Br)cc2)cc1. The molecule has 1 aliphatic heterocycles. The van der Waals surface area contributed by atoms with E-state index < -0.39 is 0 Å². The van der Waals surface area contributed by atoms with Crippen LogP contribution in [0.4, 0.5) is 11.4 Å². The summed E-state index contributed by atoms with van der Waals surface area (Å²) >= 11 is 7.08. The molecule has 2 aliphatic rings. The van der Waals surface area contributed by atoms with Gasteiger partial charge < -0.3 is 0 Å². The zero-order valence-electron chi connectivity index (χ0n) is 16.4. The van der Waals surface area contributed by atoms with Crippen LogP contribution in [-0.4, -0.2) is 11.4 Å². The summed E-state index contributed by atoms with van der Waals surface area (Å²) in [4.78, 5) is 10.3. The molecule has 30 heavy (non-hydrogen) atoms. The Balaban J connectivity index is 1.66. The maximum atomic E-state index is 5.16. The number of fused-ring (bicyclic) bond motifs is 2. The van der Waals surface area contributed by atoms with Gasteiger partial charge >= 0.3 is 0 Å². The van der Waals surface area contributed by atoms with Crippen LogP contribution in [0.25, 0.3) is 6.08 Å². The molecule has 0 N–H and O–H groups in total. The van der Waals surface area contributed by atoms with Gasteiger partial charge in [-0.1, -0.05) is 68.3 Å². The summed E-state index contributed by atoms with van der Waals surface area (Å²) in [5.41, 5.74) is 7.86. The Morgan fingerprint density at radius 1 is 0.733 bits per heavy atom. The molecule has 0 radical (unpaired) electrons. The molecule has 3 aromatic rings. The van der Waals surface area contributed by atoms with Crippen molar-refractivity contribution in [2.24, 2.45) is 15.9 Å². The largest absolute Gasteiger partial charge is 0.250 e. The average Bonchev–Trinajstić information content (AvgIpc) is 2.93. The number of nitrogens with zero attached hydrogens (tertiary/aromatic N) is 2. The van der Waals surface area contributed by atoms with E-state index in [2.05, 4.69) is 98.6 Å². The Kier molecular flexibility index (Phi) is 5.53. The van der Waals surface area contributed by atoms with Gasteiger partial charge in [0.25, 0.3) is 0 Å². The quantitative estimate of drug-likeness (QED) is 0.325. The van der Waals surface area contributed by atoms with Gasteiger partial charge in [-0.25, -0.2) is 4.99 Å².